The van der Waals surface area contributed by atoms with E-state index in [1.54, 1.807) is 4.90 Å². The van der Waals surface area contributed by atoms with Gasteiger partial charge in [0.05, 0.1) is 5.56 Å². The molecular weight excluding hydrogens is 623 g/mol. The summed E-state index contributed by atoms with van der Waals surface area (Å²) < 4.78 is 103. The van der Waals surface area contributed by atoms with E-state index in [-0.39, 0.29) is 33.3 Å². The molecule has 0 radical (unpaired) electrons. The Labute approximate surface area is 251 Å². The fourth-order valence-corrected chi connectivity index (χ4v) is 5.85. The molecule has 2 aliphatic heterocycles. The number of nitrogen functional groups attached to an aromatic ring is 1. The molecule has 44 heavy (non-hydrogen) atoms. The van der Waals surface area contributed by atoms with Crippen LogP contribution in [0, 0.1) is 11.2 Å². The molecule has 236 valence electrons. The molecule has 2 aromatic carbocycles. The highest BCUT2D eigenvalue weighted by Crippen LogP contribution is 2.44. The number of nitrogens with one attached hydrogen (secondary N) is 1. The number of aliphatic carboxylic acids is 1. The Morgan fingerprint density at radius 1 is 1.09 bits per heavy atom. The Balaban J connectivity index is 1.45. The zero-order chi connectivity index (χ0) is 32.0. The number of piperidine rings is 1. The number of halogens is 8. The summed E-state index contributed by atoms with van der Waals surface area (Å²) in [6, 6.07) is 5.46. The SMILES string of the molecule is Nc1nc(OC(c2ccc(Cl)cc2-c2ccc(F)c(C(F)(F)F)c2)C(F)(F)F)cc(N2CCC3(CC2)CNC(C(=O)O)C3)n1. The van der Waals surface area contributed by atoms with Crippen molar-refractivity contribution in [2.75, 3.05) is 30.3 Å². The van der Waals surface area contributed by atoms with Crippen LogP contribution in [-0.4, -0.2) is 52.9 Å². The fraction of sp³-hybridized carbons (Fsp3) is 0.393. The topological polar surface area (TPSA) is 114 Å². The molecule has 4 N–H and O–H groups in total. The molecule has 1 aromatic heterocycles. The summed E-state index contributed by atoms with van der Waals surface area (Å²) in [6.45, 7) is 1.35. The second-order valence-electron chi connectivity index (χ2n) is 10.8. The molecule has 0 amide bonds. The number of alkyl halides is 6. The van der Waals surface area contributed by atoms with Crippen LogP contribution < -0.4 is 20.7 Å². The highest BCUT2D eigenvalue weighted by atomic mass is 35.5. The minimum atomic E-state index is -5.10. The summed E-state index contributed by atoms with van der Waals surface area (Å²) in [5.41, 5.74) is 2.60. The minimum absolute atomic E-state index is 0.0777. The van der Waals surface area contributed by atoms with Gasteiger partial charge in [-0.2, -0.15) is 36.3 Å². The van der Waals surface area contributed by atoms with Crippen LogP contribution in [0.25, 0.3) is 11.1 Å². The minimum Gasteiger partial charge on any atom is -0.480 e. The van der Waals surface area contributed by atoms with E-state index in [0.717, 1.165) is 24.3 Å². The van der Waals surface area contributed by atoms with Crippen molar-refractivity contribution in [1.82, 2.24) is 15.3 Å². The third kappa shape index (κ3) is 6.62. The Kier molecular flexibility index (Phi) is 8.31. The number of aromatic nitrogens is 2. The first-order chi connectivity index (χ1) is 20.5. The fourth-order valence-electron chi connectivity index (χ4n) is 5.68. The monoisotopic (exact) mass is 647 g/mol. The number of carboxylic acid groups (broad SMARTS) is 1. The molecule has 2 saturated heterocycles. The van der Waals surface area contributed by atoms with Crippen LogP contribution in [0.15, 0.2) is 42.5 Å². The zero-order valence-electron chi connectivity index (χ0n) is 22.6. The van der Waals surface area contributed by atoms with Crippen LogP contribution >= 0.6 is 11.6 Å². The maximum atomic E-state index is 14.5. The number of hydrogen-bond donors (Lipinski definition) is 3. The lowest BCUT2D eigenvalue weighted by Gasteiger charge is -2.39. The van der Waals surface area contributed by atoms with E-state index in [4.69, 9.17) is 22.1 Å². The van der Waals surface area contributed by atoms with Crippen molar-refractivity contribution >= 4 is 29.3 Å². The van der Waals surface area contributed by atoms with Crippen molar-refractivity contribution < 1.29 is 45.4 Å². The average molecular weight is 648 g/mol. The third-order valence-corrected chi connectivity index (χ3v) is 8.16. The molecule has 0 saturated carbocycles. The summed E-state index contributed by atoms with van der Waals surface area (Å²) in [4.78, 5) is 21.1. The van der Waals surface area contributed by atoms with E-state index in [0.29, 0.717) is 51.0 Å². The van der Waals surface area contributed by atoms with E-state index >= 15 is 0 Å². The van der Waals surface area contributed by atoms with E-state index < -0.39 is 53.3 Å². The predicted molar refractivity (Wildman–Crippen MR) is 146 cm³/mol. The molecule has 2 aliphatic rings. The van der Waals surface area contributed by atoms with Gasteiger partial charge in [-0.05, 0) is 60.1 Å². The Bertz CT molecular complexity index is 1560. The number of anilines is 2. The van der Waals surface area contributed by atoms with Gasteiger partial charge in [0.25, 0.3) is 0 Å². The molecular formula is C28H25ClF7N5O3. The Hall–Kier alpha value is -3.85. The summed E-state index contributed by atoms with van der Waals surface area (Å²) in [5.74, 6) is -3.25. The van der Waals surface area contributed by atoms with Gasteiger partial charge < -0.3 is 25.8 Å². The maximum Gasteiger partial charge on any atom is 0.429 e. The molecule has 2 fully saturated rings. The van der Waals surface area contributed by atoms with Gasteiger partial charge in [-0.3, -0.25) is 4.79 Å². The van der Waals surface area contributed by atoms with E-state index in [2.05, 4.69) is 15.3 Å². The van der Waals surface area contributed by atoms with Crippen molar-refractivity contribution in [3.8, 4) is 17.0 Å². The van der Waals surface area contributed by atoms with Crippen molar-refractivity contribution in [3.63, 3.8) is 0 Å². The smallest absolute Gasteiger partial charge is 0.429 e. The number of hydrogen-bond acceptors (Lipinski definition) is 7. The molecule has 2 unspecified atom stereocenters. The molecule has 3 aromatic rings. The average Bonchev–Trinajstić information content (AvgIpc) is 3.35. The number of ether oxygens (including phenoxy) is 1. The van der Waals surface area contributed by atoms with Crippen molar-refractivity contribution in [2.24, 2.45) is 5.41 Å². The normalized spacial score (nSPS) is 19.3. The lowest BCUT2D eigenvalue weighted by Crippen LogP contribution is -2.41. The van der Waals surface area contributed by atoms with Crippen LogP contribution in [0.3, 0.4) is 0 Å². The molecule has 2 atom stereocenters. The molecule has 16 heteroatoms. The van der Waals surface area contributed by atoms with Gasteiger partial charge >= 0.3 is 18.3 Å². The van der Waals surface area contributed by atoms with Gasteiger partial charge in [-0.15, -0.1) is 0 Å². The summed E-state index contributed by atoms with van der Waals surface area (Å²) in [7, 11) is 0. The van der Waals surface area contributed by atoms with E-state index in [1.807, 2.05) is 0 Å². The predicted octanol–water partition coefficient (Wildman–Crippen LogP) is 6.25. The summed E-state index contributed by atoms with van der Waals surface area (Å²) in [5, 5.41) is 12.2. The Morgan fingerprint density at radius 3 is 2.41 bits per heavy atom. The number of rotatable bonds is 6. The van der Waals surface area contributed by atoms with Crippen LogP contribution in [0.5, 0.6) is 5.88 Å². The van der Waals surface area contributed by atoms with Gasteiger partial charge in [-0.25, -0.2) is 4.39 Å². The molecule has 5 rings (SSSR count). The number of benzene rings is 2. The van der Waals surface area contributed by atoms with Gasteiger partial charge in [0.1, 0.15) is 17.7 Å². The second kappa shape index (κ2) is 11.6. The molecule has 1 spiro atoms. The lowest BCUT2D eigenvalue weighted by atomic mass is 9.76. The molecule has 0 bridgehead atoms. The zero-order valence-corrected chi connectivity index (χ0v) is 23.4. The number of nitrogens with two attached hydrogens (primary N) is 1. The first-order valence-electron chi connectivity index (χ1n) is 13.3. The summed E-state index contributed by atoms with van der Waals surface area (Å²) >= 11 is 6.01. The Morgan fingerprint density at radius 2 is 1.80 bits per heavy atom. The second-order valence-corrected chi connectivity index (χ2v) is 11.3. The van der Waals surface area contributed by atoms with E-state index in [9.17, 15) is 40.6 Å². The first kappa shape index (κ1) is 31.6. The maximum absolute atomic E-state index is 14.5. The van der Waals surface area contributed by atoms with Crippen LogP contribution in [0.4, 0.5) is 42.5 Å². The standard InChI is InChI=1S/C28H25ClF7N5O3/c29-15-2-3-16(17(10-15)14-1-4-19(30)18(9-14)27(31,32)33)23(28(34,35)36)44-22-11-21(39-25(37)40-22)41-7-5-26(6-8-41)12-20(24(42)43)38-13-26/h1-4,9-11,20,23,38H,5-8,12-13H2,(H,42,43)(H2,37,39,40). The van der Waals surface area contributed by atoms with Gasteiger partial charge in [0, 0.05) is 36.3 Å². The van der Waals surface area contributed by atoms with Gasteiger partial charge in [0.2, 0.25) is 17.9 Å². The quantitative estimate of drug-likeness (QED) is 0.269. The summed E-state index contributed by atoms with van der Waals surface area (Å²) in [6.07, 6.45) is -11.3. The third-order valence-electron chi connectivity index (χ3n) is 7.93. The highest BCUT2D eigenvalue weighted by molar-refractivity contribution is 6.30. The highest BCUT2D eigenvalue weighted by Gasteiger charge is 2.46. The first-order valence-corrected chi connectivity index (χ1v) is 13.7. The lowest BCUT2D eigenvalue weighted by molar-refractivity contribution is -0.198. The van der Waals surface area contributed by atoms with Crippen molar-refractivity contribution in [3.05, 3.63) is 64.4 Å². The molecule has 8 nitrogen and oxygen atoms in total. The molecule has 3 heterocycles. The number of nitrogens with zero attached hydrogens (tertiary/aromatic N) is 3. The molecule has 0 aliphatic carbocycles. The van der Waals surface area contributed by atoms with Crippen LogP contribution in [0.2, 0.25) is 5.02 Å². The van der Waals surface area contributed by atoms with Crippen LogP contribution in [0.1, 0.15) is 36.5 Å². The van der Waals surface area contributed by atoms with Gasteiger partial charge in [-0.1, -0.05) is 23.7 Å². The van der Waals surface area contributed by atoms with Gasteiger partial charge in [0.15, 0.2) is 0 Å². The van der Waals surface area contributed by atoms with E-state index in [1.165, 1.54) is 6.07 Å². The van der Waals surface area contributed by atoms with Crippen molar-refractivity contribution in [1.29, 1.82) is 0 Å². The van der Waals surface area contributed by atoms with Crippen LogP contribution in [-0.2, 0) is 11.0 Å². The number of carboxylic acids is 1. The number of carbonyl (C=O) groups is 1. The van der Waals surface area contributed by atoms with Crippen molar-refractivity contribution in [2.45, 2.75) is 43.8 Å². The largest absolute Gasteiger partial charge is 0.480 e.